The molecule has 3 aromatic rings. The van der Waals surface area contributed by atoms with E-state index in [0.717, 1.165) is 11.1 Å². The molecule has 0 aliphatic carbocycles. The summed E-state index contributed by atoms with van der Waals surface area (Å²) >= 11 is 1.34. The van der Waals surface area contributed by atoms with Crippen LogP contribution in [0.1, 0.15) is 0 Å². The summed E-state index contributed by atoms with van der Waals surface area (Å²) in [6, 6.07) is 2.20. The minimum absolute atomic E-state index is 0.252. The Morgan fingerprint density at radius 2 is 2.14 bits per heavy atom. The lowest BCUT2D eigenvalue weighted by atomic mass is 10.2. The first kappa shape index (κ1) is 12.6. The third-order valence-electron chi connectivity index (χ3n) is 3.44. The fourth-order valence-electron chi connectivity index (χ4n) is 2.35. The second kappa shape index (κ2) is 5.01. The van der Waals surface area contributed by atoms with Crippen molar-refractivity contribution in [1.29, 1.82) is 0 Å². The van der Waals surface area contributed by atoms with Gasteiger partial charge in [0.15, 0.2) is 5.58 Å². The minimum Gasteiger partial charge on any atom is -0.472 e. The van der Waals surface area contributed by atoms with Crippen LogP contribution in [0.15, 0.2) is 37.6 Å². The Kier molecular flexibility index (Phi) is 3.01. The van der Waals surface area contributed by atoms with Crippen molar-refractivity contribution >= 4 is 27.6 Å². The summed E-state index contributed by atoms with van der Waals surface area (Å²) in [5.74, 6) is 0. The number of thiophene rings is 1. The largest absolute Gasteiger partial charge is 0.472 e. The van der Waals surface area contributed by atoms with Crippen LogP contribution in [-0.2, 0) is 4.74 Å². The van der Waals surface area contributed by atoms with Crippen molar-refractivity contribution in [3.63, 3.8) is 0 Å². The number of furan rings is 1. The molecule has 7 heteroatoms. The number of ether oxygens (including phenoxy) is 1. The number of morpholine rings is 1. The number of hydrogen-bond acceptors (Lipinski definition) is 7. The summed E-state index contributed by atoms with van der Waals surface area (Å²) in [6.45, 7) is 2.57. The maximum Gasteiger partial charge on any atom is 0.301 e. The maximum atomic E-state index is 12.2. The molecule has 0 N–H and O–H groups in total. The Morgan fingerprint density at radius 3 is 2.90 bits per heavy atom. The zero-order valence-electron chi connectivity index (χ0n) is 11.1. The molecular weight excluding hydrogens is 292 g/mol. The molecule has 0 saturated carbocycles. The van der Waals surface area contributed by atoms with Crippen LogP contribution in [0.5, 0.6) is 0 Å². The smallest absolute Gasteiger partial charge is 0.301 e. The van der Waals surface area contributed by atoms with E-state index < -0.39 is 0 Å². The fourth-order valence-corrected chi connectivity index (χ4v) is 3.24. The standard InChI is InChI=1S/C14H12N2O4S/c17-13-12-11(10(8-21-12)9-1-4-19-7-9)20-14(15-13)16-2-5-18-6-3-16/h1,4,7-8H,2-3,5-6H2. The van der Waals surface area contributed by atoms with Gasteiger partial charge in [-0.2, -0.15) is 4.98 Å². The summed E-state index contributed by atoms with van der Waals surface area (Å²) in [5.41, 5.74) is 2.07. The number of aromatic nitrogens is 1. The second-order valence-electron chi connectivity index (χ2n) is 4.72. The third-order valence-corrected chi connectivity index (χ3v) is 4.39. The first-order valence-corrected chi connectivity index (χ1v) is 7.48. The van der Waals surface area contributed by atoms with Gasteiger partial charge in [-0.15, -0.1) is 11.3 Å². The molecule has 1 saturated heterocycles. The number of anilines is 1. The molecule has 0 spiro atoms. The van der Waals surface area contributed by atoms with E-state index in [1.807, 2.05) is 16.3 Å². The first-order chi connectivity index (χ1) is 10.3. The average molecular weight is 304 g/mol. The van der Waals surface area contributed by atoms with Gasteiger partial charge in [-0.3, -0.25) is 4.79 Å². The highest BCUT2D eigenvalue weighted by atomic mass is 32.1. The van der Waals surface area contributed by atoms with Crippen LogP contribution < -0.4 is 10.5 Å². The molecule has 0 bridgehead atoms. The molecule has 21 heavy (non-hydrogen) atoms. The van der Waals surface area contributed by atoms with E-state index in [1.54, 1.807) is 12.5 Å². The Bertz CT molecular complexity index is 815. The van der Waals surface area contributed by atoms with Gasteiger partial charge in [0.05, 0.1) is 25.7 Å². The quantitative estimate of drug-likeness (QED) is 0.724. The van der Waals surface area contributed by atoms with E-state index in [9.17, 15) is 4.79 Å². The normalized spacial score (nSPS) is 15.7. The molecule has 0 unspecified atom stereocenters. The molecule has 4 heterocycles. The molecule has 1 fully saturated rings. The summed E-state index contributed by atoms with van der Waals surface area (Å²) in [6.07, 6.45) is 3.23. The molecule has 0 atom stereocenters. The van der Waals surface area contributed by atoms with E-state index in [2.05, 4.69) is 4.98 Å². The van der Waals surface area contributed by atoms with Gasteiger partial charge in [-0.1, -0.05) is 0 Å². The van der Waals surface area contributed by atoms with Crippen LogP contribution in [0.4, 0.5) is 6.01 Å². The van der Waals surface area contributed by atoms with Gasteiger partial charge in [0.1, 0.15) is 4.70 Å². The number of nitrogens with zero attached hydrogens (tertiary/aromatic N) is 2. The van der Waals surface area contributed by atoms with Crippen molar-refractivity contribution in [2.75, 3.05) is 31.2 Å². The number of rotatable bonds is 2. The van der Waals surface area contributed by atoms with Crippen LogP contribution in [0.3, 0.4) is 0 Å². The SMILES string of the molecule is O=c1nc(N2CCOCC2)oc2c(-c3ccoc3)csc12. The van der Waals surface area contributed by atoms with Crippen LogP contribution in [-0.4, -0.2) is 31.3 Å². The average Bonchev–Trinajstić information content (AvgIpc) is 3.16. The van der Waals surface area contributed by atoms with Crippen LogP contribution >= 0.6 is 11.3 Å². The second-order valence-corrected chi connectivity index (χ2v) is 5.60. The van der Waals surface area contributed by atoms with Crippen LogP contribution in [0.25, 0.3) is 21.4 Å². The van der Waals surface area contributed by atoms with E-state index >= 15 is 0 Å². The topological polar surface area (TPSA) is 68.7 Å². The van der Waals surface area contributed by atoms with E-state index in [4.69, 9.17) is 13.6 Å². The fraction of sp³-hybridized carbons (Fsp3) is 0.286. The van der Waals surface area contributed by atoms with Crippen molar-refractivity contribution in [2.24, 2.45) is 0 Å². The highest BCUT2D eigenvalue weighted by Crippen LogP contribution is 2.33. The van der Waals surface area contributed by atoms with Crippen molar-refractivity contribution < 1.29 is 13.6 Å². The highest BCUT2D eigenvalue weighted by Gasteiger charge is 2.20. The zero-order valence-corrected chi connectivity index (χ0v) is 11.9. The predicted molar refractivity (Wildman–Crippen MR) is 78.9 cm³/mol. The third kappa shape index (κ3) is 2.14. The molecule has 1 aliphatic rings. The molecule has 0 aromatic carbocycles. The lowest BCUT2D eigenvalue weighted by Gasteiger charge is -2.25. The molecule has 1 aliphatic heterocycles. The predicted octanol–water partition coefficient (Wildman–Crippen LogP) is 2.35. The molecule has 0 radical (unpaired) electrons. The molecule has 108 valence electrons. The van der Waals surface area contributed by atoms with Gasteiger partial charge in [0.25, 0.3) is 5.56 Å². The van der Waals surface area contributed by atoms with E-state index in [-0.39, 0.29) is 5.56 Å². The Hall–Kier alpha value is -2.12. The number of hydrogen-bond donors (Lipinski definition) is 0. The molecule has 4 rings (SSSR count). The molecule has 3 aromatic heterocycles. The number of fused-ring (bicyclic) bond motifs is 1. The van der Waals surface area contributed by atoms with Crippen molar-refractivity contribution in [2.45, 2.75) is 0 Å². The Morgan fingerprint density at radius 1 is 1.29 bits per heavy atom. The van der Waals surface area contributed by atoms with Crippen LogP contribution in [0, 0.1) is 0 Å². The summed E-state index contributed by atoms with van der Waals surface area (Å²) in [7, 11) is 0. The first-order valence-electron chi connectivity index (χ1n) is 6.60. The summed E-state index contributed by atoms with van der Waals surface area (Å²) in [4.78, 5) is 18.2. The highest BCUT2D eigenvalue weighted by molar-refractivity contribution is 7.17. The Balaban J connectivity index is 1.87. The molecule has 0 amide bonds. The van der Waals surface area contributed by atoms with Crippen molar-refractivity contribution in [1.82, 2.24) is 4.98 Å². The zero-order chi connectivity index (χ0) is 14.2. The van der Waals surface area contributed by atoms with E-state index in [1.165, 1.54) is 11.3 Å². The van der Waals surface area contributed by atoms with Gasteiger partial charge in [0.2, 0.25) is 0 Å². The van der Waals surface area contributed by atoms with Gasteiger partial charge in [-0.05, 0) is 6.07 Å². The lowest BCUT2D eigenvalue weighted by Crippen LogP contribution is -2.37. The van der Waals surface area contributed by atoms with Gasteiger partial charge in [-0.25, -0.2) is 0 Å². The summed E-state index contributed by atoms with van der Waals surface area (Å²) in [5, 5.41) is 1.89. The minimum atomic E-state index is -0.252. The van der Waals surface area contributed by atoms with E-state index in [0.29, 0.717) is 42.6 Å². The Labute approximate surface area is 123 Å². The van der Waals surface area contributed by atoms with Crippen molar-refractivity contribution in [3.8, 4) is 11.1 Å². The lowest BCUT2D eigenvalue weighted by molar-refractivity contribution is 0.120. The van der Waals surface area contributed by atoms with Crippen LogP contribution in [0.2, 0.25) is 0 Å². The van der Waals surface area contributed by atoms with Gasteiger partial charge >= 0.3 is 6.01 Å². The molecule has 6 nitrogen and oxygen atoms in total. The van der Waals surface area contributed by atoms with Gasteiger partial charge < -0.3 is 18.5 Å². The van der Waals surface area contributed by atoms with Gasteiger partial charge in [0, 0.05) is 29.6 Å². The van der Waals surface area contributed by atoms with Crippen molar-refractivity contribution in [3.05, 3.63) is 34.3 Å². The monoisotopic (exact) mass is 304 g/mol. The summed E-state index contributed by atoms with van der Waals surface area (Å²) < 4.78 is 16.8. The maximum absolute atomic E-state index is 12.2. The molecular formula is C14H12N2O4S.